The number of halogens is 1. The SMILES string of the molecule is CS(=O)(=O)CC(=O)N1CCN(c2nc3c(-c4ccc(-c5ccccc5)nc4)cnn3c(N)c2Br)CC1. The summed E-state index contributed by atoms with van der Waals surface area (Å²) in [6.07, 6.45) is 4.58. The van der Waals surface area contributed by atoms with E-state index in [1.54, 1.807) is 21.8 Å². The van der Waals surface area contributed by atoms with Gasteiger partial charge in [0.05, 0.1) is 11.9 Å². The van der Waals surface area contributed by atoms with Crippen LogP contribution < -0.4 is 10.6 Å². The maximum Gasteiger partial charge on any atom is 0.237 e. The molecule has 186 valence electrons. The van der Waals surface area contributed by atoms with Gasteiger partial charge in [0.1, 0.15) is 21.9 Å². The van der Waals surface area contributed by atoms with Gasteiger partial charge in [-0.1, -0.05) is 36.4 Å². The quantitative estimate of drug-likeness (QED) is 0.388. The van der Waals surface area contributed by atoms with Gasteiger partial charge in [0.15, 0.2) is 15.5 Å². The lowest BCUT2D eigenvalue weighted by Gasteiger charge is -2.35. The van der Waals surface area contributed by atoms with Crippen LogP contribution in [-0.2, 0) is 14.6 Å². The monoisotopic (exact) mass is 569 g/mol. The number of nitrogens with zero attached hydrogens (tertiary/aromatic N) is 6. The van der Waals surface area contributed by atoms with Crippen LogP contribution >= 0.6 is 15.9 Å². The minimum Gasteiger partial charge on any atom is -0.383 e. The van der Waals surface area contributed by atoms with Crippen LogP contribution in [0.3, 0.4) is 0 Å². The summed E-state index contributed by atoms with van der Waals surface area (Å²) < 4.78 is 25.2. The fourth-order valence-electron chi connectivity index (χ4n) is 4.21. The number of pyridine rings is 1. The van der Waals surface area contributed by atoms with Gasteiger partial charge in [-0.05, 0) is 22.0 Å². The van der Waals surface area contributed by atoms with E-state index in [4.69, 9.17) is 10.7 Å². The van der Waals surface area contributed by atoms with E-state index in [2.05, 4.69) is 26.0 Å². The first-order valence-electron chi connectivity index (χ1n) is 11.3. The van der Waals surface area contributed by atoms with Crippen LogP contribution in [0.5, 0.6) is 0 Å². The zero-order valence-electron chi connectivity index (χ0n) is 19.5. The van der Waals surface area contributed by atoms with Crippen LogP contribution in [0, 0.1) is 0 Å². The molecule has 0 saturated carbocycles. The molecular formula is C24H24BrN7O3S. The largest absolute Gasteiger partial charge is 0.383 e. The van der Waals surface area contributed by atoms with E-state index in [9.17, 15) is 13.2 Å². The summed E-state index contributed by atoms with van der Waals surface area (Å²) >= 11 is 3.56. The number of fused-ring (bicyclic) bond motifs is 1. The van der Waals surface area contributed by atoms with Crippen molar-refractivity contribution in [2.45, 2.75) is 0 Å². The first-order valence-corrected chi connectivity index (χ1v) is 14.1. The average Bonchev–Trinajstić information content (AvgIpc) is 3.30. The molecule has 0 atom stereocenters. The second-order valence-electron chi connectivity index (χ2n) is 8.66. The molecule has 1 aliphatic rings. The molecule has 10 nitrogen and oxygen atoms in total. The predicted molar refractivity (Wildman–Crippen MR) is 142 cm³/mol. The molecule has 0 radical (unpaired) electrons. The molecule has 1 aromatic carbocycles. The first-order chi connectivity index (χ1) is 17.2. The maximum absolute atomic E-state index is 12.3. The molecule has 0 spiro atoms. The molecule has 12 heteroatoms. The molecule has 2 N–H and O–H groups in total. The summed E-state index contributed by atoms with van der Waals surface area (Å²) in [7, 11) is -3.37. The summed E-state index contributed by atoms with van der Waals surface area (Å²) in [4.78, 5) is 25.4. The van der Waals surface area contributed by atoms with E-state index in [1.807, 2.05) is 47.4 Å². The molecule has 5 rings (SSSR count). The molecule has 4 aromatic rings. The molecule has 1 amide bonds. The summed E-state index contributed by atoms with van der Waals surface area (Å²) in [6, 6.07) is 13.9. The zero-order valence-corrected chi connectivity index (χ0v) is 21.9. The van der Waals surface area contributed by atoms with Crippen LogP contribution in [0.25, 0.3) is 28.0 Å². The lowest BCUT2D eigenvalue weighted by molar-refractivity contribution is -0.128. The van der Waals surface area contributed by atoms with Crippen LogP contribution in [0.1, 0.15) is 0 Å². The van der Waals surface area contributed by atoms with Gasteiger partial charge in [-0.2, -0.15) is 9.61 Å². The van der Waals surface area contributed by atoms with E-state index < -0.39 is 15.6 Å². The van der Waals surface area contributed by atoms with E-state index in [-0.39, 0.29) is 5.91 Å². The Labute approximate surface area is 216 Å². The van der Waals surface area contributed by atoms with Crippen molar-refractivity contribution in [3.63, 3.8) is 0 Å². The van der Waals surface area contributed by atoms with E-state index >= 15 is 0 Å². The maximum atomic E-state index is 12.3. The highest BCUT2D eigenvalue weighted by molar-refractivity contribution is 9.10. The first kappa shape index (κ1) is 24.2. The van der Waals surface area contributed by atoms with Gasteiger partial charge in [0.25, 0.3) is 0 Å². The molecule has 0 aliphatic carbocycles. The van der Waals surface area contributed by atoms with E-state index in [1.165, 1.54) is 0 Å². The van der Waals surface area contributed by atoms with Crippen LogP contribution in [-0.4, -0.2) is 77.0 Å². The second-order valence-corrected chi connectivity index (χ2v) is 11.6. The van der Waals surface area contributed by atoms with Gasteiger partial charge in [-0.15, -0.1) is 0 Å². The highest BCUT2D eigenvalue weighted by atomic mass is 79.9. The molecule has 1 aliphatic heterocycles. The molecule has 1 saturated heterocycles. The third-order valence-electron chi connectivity index (χ3n) is 6.07. The minimum atomic E-state index is -3.37. The van der Waals surface area contributed by atoms with Gasteiger partial charge in [-0.3, -0.25) is 9.78 Å². The van der Waals surface area contributed by atoms with Crippen molar-refractivity contribution in [3.8, 4) is 22.4 Å². The number of hydrogen-bond acceptors (Lipinski definition) is 8. The van der Waals surface area contributed by atoms with Gasteiger partial charge < -0.3 is 15.5 Å². The number of aromatic nitrogens is 4. The van der Waals surface area contributed by atoms with Crippen molar-refractivity contribution >= 4 is 49.0 Å². The summed E-state index contributed by atoms with van der Waals surface area (Å²) in [5, 5.41) is 4.43. The molecule has 4 heterocycles. The Balaban J connectivity index is 1.42. The van der Waals surface area contributed by atoms with Gasteiger partial charge in [0.2, 0.25) is 5.91 Å². The van der Waals surface area contributed by atoms with Gasteiger partial charge in [-0.25, -0.2) is 13.4 Å². The highest BCUT2D eigenvalue weighted by Crippen LogP contribution is 2.34. The number of nitrogen functional groups attached to an aromatic ring is 1. The number of anilines is 2. The minimum absolute atomic E-state index is 0.385. The van der Waals surface area contributed by atoms with Crippen molar-refractivity contribution < 1.29 is 13.2 Å². The Bertz CT molecular complexity index is 1530. The number of amides is 1. The second kappa shape index (κ2) is 9.51. The lowest BCUT2D eigenvalue weighted by Crippen LogP contribution is -2.50. The fraction of sp³-hybridized carbons (Fsp3) is 0.250. The highest BCUT2D eigenvalue weighted by Gasteiger charge is 2.27. The van der Waals surface area contributed by atoms with E-state index in [0.717, 1.165) is 28.6 Å². The van der Waals surface area contributed by atoms with Crippen molar-refractivity contribution in [1.82, 2.24) is 24.5 Å². The van der Waals surface area contributed by atoms with E-state index in [0.29, 0.717) is 47.9 Å². The fourth-order valence-corrected chi connectivity index (χ4v) is 5.35. The molecule has 0 bridgehead atoms. The summed E-state index contributed by atoms with van der Waals surface area (Å²) in [5.74, 6) is 0.185. The molecular weight excluding hydrogens is 546 g/mol. The normalized spacial score (nSPS) is 14.4. The topological polar surface area (TPSA) is 127 Å². The Morgan fingerprint density at radius 1 is 1.03 bits per heavy atom. The third kappa shape index (κ3) is 4.78. The number of nitrogens with two attached hydrogens (primary N) is 1. The third-order valence-corrected chi connectivity index (χ3v) is 7.60. The van der Waals surface area contributed by atoms with Crippen LogP contribution in [0.4, 0.5) is 11.6 Å². The average molecular weight is 570 g/mol. The van der Waals surface area contributed by atoms with Gasteiger partial charge in [0, 0.05) is 55.3 Å². The number of carbonyl (C=O) groups excluding carboxylic acids is 1. The number of piperazine rings is 1. The van der Waals surface area contributed by atoms with Crippen molar-refractivity contribution in [2.24, 2.45) is 0 Å². The van der Waals surface area contributed by atoms with Crippen molar-refractivity contribution in [3.05, 3.63) is 59.3 Å². The van der Waals surface area contributed by atoms with Crippen LogP contribution in [0.2, 0.25) is 0 Å². The molecule has 0 unspecified atom stereocenters. The number of rotatable bonds is 5. The smallest absolute Gasteiger partial charge is 0.237 e. The Kier molecular flexibility index (Phi) is 6.39. The van der Waals surface area contributed by atoms with Crippen molar-refractivity contribution in [1.29, 1.82) is 0 Å². The Morgan fingerprint density at radius 2 is 1.75 bits per heavy atom. The Hall–Kier alpha value is -3.51. The number of benzene rings is 1. The summed E-state index contributed by atoms with van der Waals surface area (Å²) in [5.41, 5.74) is 10.6. The standard InChI is InChI=1S/C24H24BrN7O3S/c1-36(34,35)15-20(33)30-9-11-31(12-10-30)24-21(25)22(26)32-23(29-24)18(14-28-32)17-7-8-19(27-13-17)16-5-3-2-4-6-16/h2-8,13-14H,9-12,15,26H2,1H3. The number of carbonyl (C=O) groups is 1. The molecule has 3 aromatic heterocycles. The van der Waals surface area contributed by atoms with Gasteiger partial charge >= 0.3 is 0 Å². The lowest BCUT2D eigenvalue weighted by atomic mass is 10.1. The molecule has 1 fully saturated rings. The molecule has 36 heavy (non-hydrogen) atoms. The number of sulfone groups is 1. The van der Waals surface area contributed by atoms with Crippen molar-refractivity contribution in [2.75, 3.05) is 48.8 Å². The van der Waals surface area contributed by atoms with Crippen LogP contribution in [0.15, 0.2) is 59.3 Å². The summed E-state index contributed by atoms with van der Waals surface area (Å²) in [6.45, 7) is 1.77. The Morgan fingerprint density at radius 3 is 2.39 bits per heavy atom. The predicted octanol–water partition coefficient (Wildman–Crippen LogP) is 2.50. The zero-order chi connectivity index (χ0) is 25.4. The number of hydrogen-bond donors (Lipinski definition) is 1.